The van der Waals surface area contributed by atoms with Gasteiger partial charge in [0.1, 0.15) is 0 Å². The van der Waals surface area contributed by atoms with Crippen molar-refractivity contribution in [2.45, 2.75) is 6.54 Å². The van der Waals surface area contributed by atoms with Gasteiger partial charge in [0.05, 0.1) is 23.0 Å². The highest BCUT2D eigenvalue weighted by Crippen LogP contribution is 2.24. The molecule has 2 rings (SSSR count). The summed E-state index contributed by atoms with van der Waals surface area (Å²) >= 11 is 0. The van der Waals surface area contributed by atoms with Crippen molar-refractivity contribution in [2.75, 3.05) is 17.7 Å². The van der Waals surface area contributed by atoms with Crippen molar-refractivity contribution in [3.05, 3.63) is 59.7 Å². The molecule has 0 spiro atoms. The average Bonchev–Trinajstić information content (AvgIpc) is 2.39. The molecule has 90 valence electrons. The van der Waals surface area contributed by atoms with Crippen LogP contribution < -0.4 is 10.6 Å². The fourth-order valence-electron chi connectivity index (χ4n) is 1.91. The van der Waals surface area contributed by atoms with E-state index in [0.717, 1.165) is 12.2 Å². The lowest BCUT2D eigenvalue weighted by Gasteiger charge is -2.21. The van der Waals surface area contributed by atoms with Gasteiger partial charge in [0, 0.05) is 13.6 Å². The van der Waals surface area contributed by atoms with Gasteiger partial charge in [0.15, 0.2) is 0 Å². The Hall–Kier alpha value is -2.47. The molecule has 0 radical (unpaired) electrons. The Labute approximate surface area is 107 Å². The minimum absolute atomic E-state index is 0.587. The van der Waals surface area contributed by atoms with E-state index in [-0.39, 0.29) is 0 Å². The Morgan fingerprint density at radius 2 is 1.89 bits per heavy atom. The third kappa shape index (κ3) is 2.61. The monoisotopic (exact) mass is 237 g/mol. The van der Waals surface area contributed by atoms with Crippen LogP contribution in [0.15, 0.2) is 48.5 Å². The summed E-state index contributed by atoms with van der Waals surface area (Å²) in [5.74, 6) is 0. The second-order valence-electron chi connectivity index (χ2n) is 4.23. The zero-order valence-corrected chi connectivity index (χ0v) is 10.3. The predicted molar refractivity (Wildman–Crippen MR) is 74.1 cm³/mol. The summed E-state index contributed by atoms with van der Waals surface area (Å²) < 4.78 is 0. The zero-order valence-electron chi connectivity index (χ0n) is 10.3. The van der Waals surface area contributed by atoms with E-state index in [1.165, 1.54) is 5.56 Å². The van der Waals surface area contributed by atoms with E-state index < -0.39 is 0 Å². The molecule has 0 aliphatic heterocycles. The fraction of sp³-hybridized carbons (Fsp3) is 0.133. The van der Waals surface area contributed by atoms with Crippen molar-refractivity contribution in [3.8, 4) is 6.07 Å². The molecule has 0 aliphatic carbocycles. The molecule has 2 aromatic carbocycles. The number of hydrogen-bond acceptors (Lipinski definition) is 3. The van der Waals surface area contributed by atoms with Gasteiger partial charge in [-0.05, 0) is 23.8 Å². The molecule has 0 amide bonds. The molecule has 0 saturated carbocycles. The molecule has 3 heteroatoms. The lowest BCUT2D eigenvalue weighted by molar-refractivity contribution is 0.925. The summed E-state index contributed by atoms with van der Waals surface area (Å²) in [6.07, 6.45) is 0. The second-order valence-corrected chi connectivity index (χ2v) is 4.23. The number of rotatable bonds is 3. The van der Waals surface area contributed by atoms with Gasteiger partial charge in [0.25, 0.3) is 0 Å². The van der Waals surface area contributed by atoms with E-state index in [0.29, 0.717) is 11.3 Å². The number of anilines is 2. The highest BCUT2D eigenvalue weighted by atomic mass is 15.1. The molecular formula is C15H15N3. The molecule has 0 bridgehead atoms. The molecule has 2 aromatic rings. The molecule has 3 nitrogen and oxygen atoms in total. The van der Waals surface area contributed by atoms with Crippen LogP contribution >= 0.6 is 0 Å². The van der Waals surface area contributed by atoms with Crippen LogP contribution in [0.1, 0.15) is 11.1 Å². The van der Waals surface area contributed by atoms with Gasteiger partial charge in [-0.1, -0.05) is 30.3 Å². The first-order valence-corrected chi connectivity index (χ1v) is 5.75. The number of nitriles is 1. The first kappa shape index (κ1) is 12.0. The highest BCUT2D eigenvalue weighted by molar-refractivity contribution is 5.69. The Balaban J connectivity index is 2.19. The molecule has 0 atom stereocenters. The summed E-state index contributed by atoms with van der Waals surface area (Å²) in [6, 6.07) is 17.7. The van der Waals surface area contributed by atoms with Crippen molar-refractivity contribution in [3.63, 3.8) is 0 Å². The van der Waals surface area contributed by atoms with Gasteiger partial charge in [-0.25, -0.2) is 0 Å². The maximum atomic E-state index is 8.81. The van der Waals surface area contributed by atoms with E-state index in [1.807, 2.05) is 31.3 Å². The van der Waals surface area contributed by atoms with Gasteiger partial charge in [-0.2, -0.15) is 5.26 Å². The van der Waals surface area contributed by atoms with Crippen LogP contribution in [0.5, 0.6) is 0 Å². The lowest BCUT2D eigenvalue weighted by atomic mass is 10.1. The largest absolute Gasteiger partial charge is 0.397 e. The highest BCUT2D eigenvalue weighted by Gasteiger charge is 2.06. The van der Waals surface area contributed by atoms with Gasteiger partial charge in [-0.15, -0.1) is 0 Å². The first-order chi connectivity index (χ1) is 8.70. The summed E-state index contributed by atoms with van der Waals surface area (Å²) in [5.41, 5.74) is 9.35. The smallest absolute Gasteiger partial charge is 0.0992 e. The standard InChI is InChI=1S/C15H15N3/c1-18(11-12-5-3-2-4-6-12)15-8-7-13(10-16)9-14(15)17/h2-9H,11,17H2,1H3. The van der Waals surface area contributed by atoms with Crippen LogP contribution in [-0.2, 0) is 6.54 Å². The quantitative estimate of drug-likeness (QED) is 0.835. The SMILES string of the molecule is CN(Cc1ccccc1)c1ccc(C#N)cc1N. The number of benzene rings is 2. The molecular weight excluding hydrogens is 222 g/mol. The lowest BCUT2D eigenvalue weighted by Crippen LogP contribution is -2.17. The number of nitrogens with zero attached hydrogens (tertiary/aromatic N) is 2. The van der Waals surface area contributed by atoms with Gasteiger partial charge in [-0.3, -0.25) is 0 Å². The molecule has 2 N–H and O–H groups in total. The molecule has 0 unspecified atom stereocenters. The molecule has 0 aromatic heterocycles. The summed E-state index contributed by atoms with van der Waals surface area (Å²) in [7, 11) is 1.99. The van der Waals surface area contributed by atoms with Crippen molar-refractivity contribution in [1.82, 2.24) is 0 Å². The van der Waals surface area contributed by atoms with Crippen molar-refractivity contribution >= 4 is 11.4 Å². The van der Waals surface area contributed by atoms with Gasteiger partial charge in [0.2, 0.25) is 0 Å². The van der Waals surface area contributed by atoms with Crippen molar-refractivity contribution in [2.24, 2.45) is 0 Å². The summed E-state index contributed by atoms with van der Waals surface area (Å²) in [5, 5.41) is 8.81. The average molecular weight is 237 g/mol. The molecule has 0 fully saturated rings. The second kappa shape index (κ2) is 5.24. The Bertz CT molecular complexity index is 570. The number of nitrogen functional groups attached to an aromatic ring is 1. The first-order valence-electron chi connectivity index (χ1n) is 5.75. The van der Waals surface area contributed by atoms with Crippen LogP contribution in [0.25, 0.3) is 0 Å². The Morgan fingerprint density at radius 3 is 2.50 bits per heavy atom. The number of hydrogen-bond donors (Lipinski definition) is 1. The fourth-order valence-corrected chi connectivity index (χ4v) is 1.91. The molecule has 0 saturated heterocycles. The van der Waals surface area contributed by atoms with Crippen LogP contribution in [0.2, 0.25) is 0 Å². The van der Waals surface area contributed by atoms with E-state index >= 15 is 0 Å². The van der Waals surface area contributed by atoms with Gasteiger partial charge < -0.3 is 10.6 Å². The normalized spacial score (nSPS) is 9.78. The molecule has 0 aliphatic rings. The third-order valence-corrected chi connectivity index (χ3v) is 2.83. The maximum Gasteiger partial charge on any atom is 0.0992 e. The van der Waals surface area contributed by atoms with Gasteiger partial charge >= 0.3 is 0 Å². The van der Waals surface area contributed by atoms with Crippen molar-refractivity contribution < 1.29 is 0 Å². The van der Waals surface area contributed by atoms with Crippen LogP contribution in [0.4, 0.5) is 11.4 Å². The Kier molecular flexibility index (Phi) is 3.49. The van der Waals surface area contributed by atoms with Crippen molar-refractivity contribution in [1.29, 1.82) is 5.26 Å². The van der Waals surface area contributed by atoms with E-state index in [2.05, 4.69) is 23.1 Å². The van der Waals surface area contributed by atoms with E-state index in [4.69, 9.17) is 11.0 Å². The third-order valence-electron chi connectivity index (χ3n) is 2.83. The topological polar surface area (TPSA) is 53.0 Å². The zero-order chi connectivity index (χ0) is 13.0. The number of nitrogens with two attached hydrogens (primary N) is 1. The van der Waals surface area contributed by atoms with Crippen LogP contribution in [-0.4, -0.2) is 7.05 Å². The maximum absolute atomic E-state index is 8.81. The summed E-state index contributed by atoms with van der Waals surface area (Å²) in [6.45, 7) is 0.789. The Morgan fingerprint density at radius 1 is 1.17 bits per heavy atom. The minimum Gasteiger partial charge on any atom is -0.397 e. The van der Waals surface area contributed by atoms with E-state index in [9.17, 15) is 0 Å². The van der Waals surface area contributed by atoms with Crippen LogP contribution in [0, 0.1) is 11.3 Å². The summed E-state index contributed by atoms with van der Waals surface area (Å²) in [4.78, 5) is 2.08. The molecule has 18 heavy (non-hydrogen) atoms. The van der Waals surface area contributed by atoms with Crippen LogP contribution in [0.3, 0.4) is 0 Å². The van der Waals surface area contributed by atoms with E-state index in [1.54, 1.807) is 12.1 Å². The minimum atomic E-state index is 0.587. The molecule has 0 heterocycles. The predicted octanol–water partition coefficient (Wildman–Crippen LogP) is 2.78.